The van der Waals surface area contributed by atoms with Gasteiger partial charge in [0.15, 0.2) is 0 Å². The summed E-state index contributed by atoms with van der Waals surface area (Å²) in [5.74, 6) is -0.600. The Hall–Kier alpha value is -4.15. The molecule has 142 valence electrons. The van der Waals surface area contributed by atoms with Crippen LogP contribution in [0.2, 0.25) is 0 Å². The van der Waals surface area contributed by atoms with Crippen LogP contribution in [0.15, 0.2) is 47.5 Å². The summed E-state index contributed by atoms with van der Waals surface area (Å²) < 4.78 is 1.01. The number of hydrogen-bond donors (Lipinski definition) is 1. The number of nitrogens with zero attached hydrogens (tertiary/aromatic N) is 4. The number of carbonyl (C=O) groups excluding carboxylic acids is 1. The van der Waals surface area contributed by atoms with E-state index in [0.29, 0.717) is 0 Å². The minimum Gasteiger partial charge on any atom is -0.324 e. The first kappa shape index (κ1) is 18.6. The summed E-state index contributed by atoms with van der Waals surface area (Å²) in [5, 5.41) is 24.4. The number of rotatable bonds is 5. The number of nitro groups is 2. The van der Waals surface area contributed by atoms with Crippen LogP contribution in [0.3, 0.4) is 0 Å². The summed E-state index contributed by atoms with van der Waals surface area (Å²) in [6, 6.07) is 7.94. The number of fused-ring (bicyclic) bond motifs is 1. The fourth-order valence-electron chi connectivity index (χ4n) is 2.67. The van der Waals surface area contributed by atoms with Gasteiger partial charge in [0.25, 0.3) is 16.9 Å². The van der Waals surface area contributed by atoms with Gasteiger partial charge < -0.3 is 5.32 Å². The molecule has 0 aliphatic heterocycles. The maximum absolute atomic E-state index is 12.5. The van der Waals surface area contributed by atoms with Crippen LogP contribution in [0.5, 0.6) is 0 Å². The van der Waals surface area contributed by atoms with E-state index in [1.165, 1.54) is 37.3 Å². The Labute approximate surface area is 156 Å². The average molecular weight is 383 g/mol. The molecule has 28 heavy (non-hydrogen) atoms. The standard InChI is InChI=1S/C17H13N5O6/c1-10-13(3-2-4-15(10)22(27)28)19-16(23)8-20-9-18-14-6-5-11(21(25)26)7-12(14)17(20)24/h2-7,9H,8H2,1H3,(H,19,23). The van der Waals surface area contributed by atoms with Crippen molar-refractivity contribution in [3.05, 3.63) is 78.9 Å². The molecule has 1 N–H and O–H groups in total. The molecular weight excluding hydrogens is 370 g/mol. The van der Waals surface area contributed by atoms with Crippen molar-refractivity contribution in [1.29, 1.82) is 0 Å². The van der Waals surface area contributed by atoms with Gasteiger partial charge in [0.1, 0.15) is 6.54 Å². The van der Waals surface area contributed by atoms with Crippen molar-refractivity contribution in [2.24, 2.45) is 0 Å². The minimum atomic E-state index is -0.631. The van der Waals surface area contributed by atoms with Crippen LogP contribution in [-0.2, 0) is 11.3 Å². The van der Waals surface area contributed by atoms with E-state index in [4.69, 9.17) is 0 Å². The molecule has 1 amide bonds. The molecule has 2 aromatic carbocycles. The Morgan fingerprint density at radius 3 is 2.61 bits per heavy atom. The summed E-state index contributed by atoms with van der Waals surface area (Å²) in [6.07, 6.45) is 1.16. The SMILES string of the molecule is Cc1c(NC(=O)Cn2cnc3ccc([N+](=O)[O-])cc3c2=O)cccc1[N+](=O)[O-]. The summed E-state index contributed by atoms with van der Waals surface area (Å²) >= 11 is 0. The van der Waals surface area contributed by atoms with Crippen LogP contribution in [0.4, 0.5) is 17.1 Å². The largest absolute Gasteiger partial charge is 0.324 e. The van der Waals surface area contributed by atoms with E-state index in [0.717, 1.165) is 17.0 Å². The Morgan fingerprint density at radius 2 is 1.93 bits per heavy atom. The number of aromatic nitrogens is 2. The van der Waals surface area contributed by atoms with Gasteiger partial charge in [0.2, 0.25) is 5.91 Å². The molecule has 3 aromatic rings. The highest BCUT2D eigenvalue weighted by atomic mass is 16.6. The van der Waals surface area contributed by atoms with Crippen molar-refractivity contribution in [3.8, 4) is 0 Å². The average Bonchev–Trinajstić information content (AvgIpc) is 2.65. The van der Waals surface area contributed by atoms with Gasteiger partial charge in [-0.15, -0.1) is 0 Å². The molecule has 0 fully saturated rings. The monoisotopic (exact) mass is 383 g/mol. The van der Waals surface area contributed by atoms with E-state index >= 15 is 0 Å². The topological polar surface area (TPSA) is 150 Å². The molecule has 0 saturated heterocycles. The van der Waals surface area contributed by atoms with E-state index in [2.05, 4.69) is 10.3 Å². The van der Waals surface area contributed by atoms with Crippen LogP contribution >= 0.6 is 0 Å². The van der Waals surface area contributed by atoms with E-state index in [1.54, 1.807) is 0 Å². The molecular formula is C17H13N5O6. The van der Waals surface area contributed by atoms with Crippen LogP contribution in [0, 0.1) is 27.2 Å². The van der Waals surface area contributed by atoms with Crippen molar-refractivity contribution in [2.75, 3.05) is 5.32 Å². The molecule has 11 heteroatoms. The first-order chi connectivity index (χ1) is 13.3. The third kappa shape index (κ3) is 3.53. The van der Waals surface area contributed by atoms with Crippen molar-refractivity contribution < 1.29 is 14.6 Å². The van der Waals surface area contributed by atoms with Gasteiger partial charge >= 0.3 is 0 Å². The third-order valence-corrected chi connectivity index (χ3v) is 4.11. The molecule has 0 atom stereocenters. The molecule has 0 aliphatic rings. The highest BCUT2D eigenvalue weighted by Crippen LogP contribution is 2.25. The fourth-order valence-corrected chi connectivity index (χ4v) is 2.67. The van der Waals surface area contributed by atoms with Gasteiger partial charge in [-0.3, -0.25) is 34.4 Å². The summed E-state index contributed by atoms with van der Waals surface area (Å²) in [4.78, 5) is 49.6. The minimum absolute atomic E-state index is 0.0102. The zero-order valence-corrected chi connectivity index (χ0v) is 14.5. The number of nitrogens with one attached hydrogen (secondary N) is 1. The molecule has 3 rings (SSSR count). The predicted octanol–water partition coefficient (Wildman–Crippen LogP) is 2.16. The van der Waals surface area contributed by atoms with Crippen molar-refractivity contribution in [2.45, 2.75) is 13.5 Å². The van der Waals surface area contributed by atoms with Gasteiger partial charge in [-0.2, -0.15) is 0 Å². The van der Waals surface area contributed by atoms with Gasteiger partial charge in [0, 0.05) is 18.2 Å². The Balaban J connectivity index is 1.89. The lowest BCUT2D eigenvalue weighted by atomic mass is 10.1. The molecule has 0 radical (unpaired) electrons. The Morgan fingerprint density at radius 1 is 1.18 bits per heavy atom. The number of nitro benzene ring substituents is 2. The lowest BCUT2D eigenvalue weighted by Crippen LogP contribution is -2.28. The molecule has 1 heterocycles. The number of carbonyl (C=O) groups is 1. The van der Waals surface area contributed by atoms with E-state index in [1.807, 2.05) is 0 Å². The molecule has 0 aliphatic carbocycles. The molecule has 0 saturated carbocycles. The molecule has 0 bridgehead atoms. The second-order valence-corrected chi connectivity index (χ2v) is 5.89. The normalized spacial score (nSPS) is 10.6. The maximum atomic E-state index is 12.5. The first-order valence-corrected chi connectivity index (χ1v) is 7.95. The molecule has 1 aromatic heterocycles. The number of non-ortho nitro benzene ring substituents is 1. The van der Waals surface area contributed by atoms with E-state index in [-0.39, 0.29) is 33.5 Å². The van der Waals surface area contributed by atoms with Crippen LogP contribution in [-0.4, -0.2) is 25.3 Å². The zero-order valence-electron chi connectivity index (χ0n) is 14.5. The van der Waals surface area contributed by atoms with Gasteiger partial charge in [-0.05, 0) is 19.1 Å². The highest BCUT2D eigenvalue weighted by Gasteiger charge is 2.16. The zero-order chi connectivity index (χ0) is 20.4. The van der Waals surface area contributed by atoms with Crippen LogP contribution in [0.1, 0.15) is 5.56 Å². The van der Waals surface area contributed by atoms with Crippen LogP contribution in [0.25, 0.3) is 10.9 Å². The van der Waals surface area contributed by atoms with Gasteiger partial charge in [0.05, 0.1) is 38.3 Å². The summed E-state index contributed by atoms with van der Waals surface area (Å²) in [7, 11) is 0. The summed E-state index contributed by atoms with van der Waals surface area (Å²) in [5.41, 5.74) is -0.228. The highest BCUT2D eigenvalue weighted by molar-refractivity contribution is 5.92. The van der Waals surface area contributed by atoms with Crippen molar-refractivity contribution in [3.63, 3.8) is 0 Å². The first-order valence-electron chi connectivity index (χ1n) is 7.95. The maximum Gasteiger partial charge on any atom is 0.274 e. The molecule has 0 unspecified atom stereocenters. The third-order valence-electron chi connectivity index (χ3n) is 4.11. The lowest BCUT2D eigenvalue weighted by molar-refractivity contribution is -0.385. The van der Waals surface area contributed by atoms with E-state index in [9.17, 15) is 29.8 Å². The van der Waals surface area contributed by atoms with Gasteiger partial charge in [-0.25, -0.2) is 4.98 Å². The molecule has 0 spiro atoms. The number of benzene rings is 2. The fraction of sp³-hybridized carbons (Fsp3) is 0.118. The second-order valence-electron chi connectivity index (χ2n) is 5.89. The summed E-state index contributed by atoms with van der Waals surface area (Å²) in [6.45, 7) is 1.09. The predicted molar refractivity (Wildman–Crippen MR) is 99.1 cm³/mol. The quantitative estimate of drug-likeness (QED) is 0.524. The smallest absolute Gasteiger partial charge is 0.274 e. The number of amides is 1. The Bertz CT molecular complexity index is 1190. The van der Waals surface area contributed by atoms with Crippen molar-refractivity contribution in [1.82, 2.24) is 9.55 Å². The van der Waals surface area contributed by atoms with Crippen molar-refractivity contribution >= 4 is 33.9 Å². The lowest BCUT2D eigenvalue weighted by Gasteiger charge is -2.10. The van der Waals surface area contributed by atoms with Crippen LogP contribution < -0.4 is 10.9 Å². The second kappa shape index (κ2) is 7.23. The Kier molecular flexibility index (Phi) is 4.81. The van der Waals surface area contributed by atoms with Gasteiger partial charge in [-0.1, -0.05) is 6.07 Å². The molecule has 11 nitrogen and oxygen atoms in total. The number of hydrogen-bond acceptors (Lipinski definition) is 7. The number of anilines is 1. The van der Waals surface area contributed by atoms with E-state index < -0.39 is 27.9 Å².